The van der Waals surface area contributed by atoms with Gasteiger partial charge in [0.05, 0.1) is 22.7 Å². The third-order valence-corrected chi connectivity index (χ3v) is 3.98. The van der Waals surface area contributed by atoms with Gasteiger partial charge in [0.15, 0.2) is 0 Å². The van der Waals surface area contributed by atoms with Crippen molar-refractivity contribution in [1.29, 1.82) is 0 Å². The second kappa shape index (κ2) is 4.97. The summed E-state index contributed by atoms with van der Waals surface area (Å²) in [7, 11) is 0. The maximum absolute atomic E-state index is 5.61. The first kappa shape index (κ1) is 11.5. The van der Waals surface area contributed by atoms with E-state index >= 15 is 0 Å². The number of rotatable bonds is 3. The van der Waals surface area contributed by atoms with Gasteiger partial charge in [0.25, 0.3) is 0 Å². The normalized spacial score (nSPS) is 14.4. The zero-order valence-corrected chi connectivity index (χ0v) is 10.9. The molecule has 0 aromatic carbocycles. The van der Waals surface area contributed by atoms with Gasteiger partial charge in [-0.15, -0.1) is 10.2 Å². The fourth-order valence-electron chi connectivity index (χ4n) is 2.09. The van der Waals surface area contributed by atoms with Gasteiger partial charge in [0.2, 0.25) is 0 Å². The molecule has 1 aliphatic rings. The molecule has 0 bridgehead atoms. The average molecular weight is 261 g/mol. The van der Waals surface area contributed by atoms with Crippen LogP contribution < -0.4 is 5.73 Å². The summed E-state index contributed by atoms with van der Waals surface area (Å²) in [5.41, 5.74) is 6.30. The van der Waals surface area contributed by atoms with Crippen LogP contribution in [0.1, 0.15) is 24.5 Å². The van der Waals surface area contributed by atoms with E-state index in [1.165, 1.54) is 12.8 Å². The largest absolute Gasteiger partial charge is 0.397 e. The van der Waals surface area contributed by atoms with Crippen LogP contribution in [0.5, 0.6) is 0 Å². The summed E-state index contributed by atoms with van der Waals surface area (Å²) in [6, 6.07) is 3.81. The van der Waals surface area contributed by atoms with Crippen LogP contribution >= 0.6 is 11.8 Å². The average Bonchev–Trinajstić information content (AvgIpc) is 2.82. The number of hydrogen-bond donors (Lipinski definition) is 1. The Balaban J connectivity index is 1.70. The Hall–Kier alpha value is -1.56. The minimum atomic E-state index is 0.694. The van der Waals surface area contributed by atoms with Gasteiger partial charge in [-0.25, -0.2) is 4.98 Å². The summed E-state index contributed by atoms with van der Waals surface area (Å²) in [5.74, 6) is 2.99. The van der Waals surface area contributed by atoms with E-state index in [-0.39, 0.29) is 0 Å². The molecule has 0 atom stereocenters. The van der Waals surface area contributed by atoms with Crippen molar-refractivity contribution in [1.82, 2.24) is 19.7 Å². The van der Waals surface area contributed by atoms with E-state index in [1.54, 1.807) is 18.0 Å². The smallest absolute Gasteiger partial charge is 0.143 e. The fourth-order valence-corrected chi connectivity index (χ4v) is 2.87. The SMILES string of the molecule is Nc1ccc(SCc2nnc3n2CCCC3)nc1. The first-order valence-electron chi connectivity index (χ1n) is 6.08. The molecule has 0 amide bonds. The molecule has 0 fully saturated rings. The number of aromatic nitrogens is 4. The highest BCUT2D eigenvalue weighted by atomic mass is 32.2. The Labute approximate surface area is 110 Å². The van der Waals surface area contributed by atoms with Crippen LogP contribution in [0, 0.1) is 0 Å². The third kappa shape index (κ3) is 2.33. The number of hydrogen-bond acceptors (Lipinski definition) is 5. The van der Waals surface area contributed by atoms with Crippen LogP contribution in [-0.4, -0.2) is 19.7 Å². The van der Waals surface area contributed by atoms with Gasteiger partial charge in [0, 0.05) is 13.0 Å². The van der Waals surface area contributed by atoms with Crippen LogP contribution in [0.15, 0.2) is 23.4 Å². The maximum atomic E-state index is 5.61. The molecule has 0 aliphatic carbocycles. The van der Waals surface area contributed by atoms with Crippen LogP contribution in [0.2, 0.25) is 0 Å². The molecular weight excluding hydrogens is 246 g/mol. The van der Waals surface area contributed by atoms with Crippen molar-refractivity contribution < 1.29 is 0 Å². The zero-order chi connectivity index (χ0) is 12.4. The summed E-state index contributed by atoms with van der Waals surface area (Å²) in [6.45, 7) is 1.05. The molecule has 0 saturated heterocycles. The second-order valence-electron chi connectivity index (χ2n) is 4.36. The molecule has 0 spiro atoms. The minimum absolute atomic E-state index is 0.694. The Morgan fingerprint density at radius 1 is 1.28 bits per heavy atom. The first-order valence-corrected chi connectivity index (χ1v) is 7.07. The zero-order valence-electron chi connectivity index (χ0n) is 10.0. The number of pyridine rings is 1. The van der Waals surface area contributed by atoms with Crippen LogP contribution in [-0.2, 0) is 18.7 Å². The molecule has 2 aromatic heterocycles. The number of thioether (sulfide) groups is 1. The molecule has 0 unspecified atom stereocenters. The Kier molecular flexibility index (Phi) is 3.19. The van der Waals surface area contributed by atoms with Crippen molar-refractivity contribution in [3.05, 3.63) is 30.0 Å². The quantitative estimate of drug-likeness (QED) is 0.854. The van der Waals surface area contributed by atoms with Crippen LogP contribution in [0.25, 0.3) is 0 Å². The summed E-state index contributed by atoms with van der Waals surface area (Å²) in [4.78, 5) is 4.27. The summed E-state index contributed by atoms with van der Waals surface area (Å²) >= 11 is 1.67. The summed E-state index contributed by atoms with van der Waals surface area (Å²) in [5, 5.41) is 9.48. The van der Waals surface area contributed by atoms with Gasteiger partial charge in [-0.3, -0.25) is 0 Å². The van der Waals surface area contributed by atoms with Crippen molar-refractivity contribution in [2.75, 3.05) is 5.73 Å². The summed E-state index contributed by atoms with van der Waals surface area (Å²) < 4.78 is 2.24. The Morgan fingerprint density at radius 2 is 2.22 bits per heavy atom. The Morgan fingerprint density at radius 3 is 3.06 bits per heavy atom. The van der Waals surface area contributed by atoms with Gasteiger partial charge >= 0.3 is 0 Å². The highest BCUT2D eigenvalue weighted by Gasteiger charge is 2.15. The van der Waals surface area contributed by atoms with Crippen molar-refractivity contribution in [3.8, 4) is 0 Å². The van der Waals surface area contributed by atoms with Gasteiger partial charge in [-0.2, -0.15) is 0 Å². The van der Waals surface area contributed by atoms with Crippen molar-refractivity contribution in [3.63, 3.8) is 0 Å². The molecule has 2 aromatic rings. The van der Waals surface area contributed by atoms with E-state index in [0.717, 1.165) is 35.4 Å². The first-order chi connectivity index (χ1) is 8.83. The van der Waals surface area contributed by atoms with E-state index < -0.39 is 0 Å². The molecule has 3 rings (SSSR count). The fraction of sp³-hybridized carbons (Fsp3) is 0.417. The van der Waals surface area contributed by atoms with Crippen LogP contribution in [0.3, 0.4) is 0 Å². The molecule has 0 saturated carbocycles. The van der Waals surface area contributed by atoms with E-state index in [4.69, 9.17) is 5.73 Å². The standard InChI is InChI=1S/C12H15N5S/c13-9-4-5-12(14-7-9)18-8-11-16-15-10-3-1-2-6-17(10)11/h4-5,7H,1-3,6,8,13H2. The lowest BCUT2D eigenvalue weighted by molar-refractivity contribution is 0.513. The van der Waals surface area contributed by atoms with E-state index in [9.17, 15) is 0 Å². The van der Waals surface area contributed by atoms with Crippen molar-refractivity contribution >= 4 is 17.4 Å². The number of anilines is 1. The van der Waals surface area contributed by atoms with Gasteiger partial charge in [-0.05, 0) is 25.0 Å². The lowest BCUT2D eigenvalue weighted by atomic mass is 10.2. The molecule has 94 valence electrons. The lowest BCUT2D eigenvalue weighted by Crippen LogP contribution is -2.12. The number of nitrogens with two attached hydrogens (primary N) is 1. The van der Waals surface area contributed by atoms with E-state index in [1.807, 2.05) is 12.1 Å². The predicted octanol–water partition coefficient (Wildman–Crippen LogP) is 1.88. The topological polar surface area (TPSA) is 69.6 Å². The number of nitrogen functional groups attached to an aromatic ring is 1. The highest BCUT2D eigenvalue weighted by molar-refractivity contribution is 7.98. The maximum Gasteiger partial charge on any atom is 0.143 e. The monoisotopic (exact) mass is 261 g/mol. The van der Waals surface area contributed by atoms with Gasteiger partial charge in [-0.1, -0.05) is 11.8 Å². The highest BCUT2D eigenvalue weighted by Crippen LogP contribution is 2.22. The molecule has 1 aliphatic heterocycles. The van der Waals surface area contributed by atoms with E-state index in [0.29, 0.717) is 5.69 Å². The predicted molar refractivity (Wildman–Crippen MR) is 71.2 cm³/mol. The number of fused-ring (bicyclic) bond motifs is 1. The van der Waals surface area contributed by atoms with Crippen LogP contribution in [0.4, 0.5) is 5.69 Å². The molecule has 0 radical (unpaired) electrons. The summed E-state index contributed by atoms with van der Waals surface area (Å²) in [6.07, 6.45) is 5.19. The molecule has 2 N–H and O–H groups in total. The van der Waals surface area contributed by atoms with Crippen molar-refractivity contribution in [2.45, 2.75) is 36.6 Å². The lowest BCUT2D eigenvalue weighted by Gasteiger charge is -2.14. The van der Waals surface area contributed by atoms with Gasteiger partial charge < -0.3 is 10.3 Å². The van der Waals surface area contributed by atoms with Crippen molar-refractivity contribution in [2.24, 2.45) is 0 Å². The Bertz CT molecular complexity index is 534. The molecule has 6 heteroatoms. The minimum Gasteiger partial charge on any atom is -0.397 e. The third-order valence-electron chi connectivity index (χ3n) is 3.04. The van der Waals surface area contributed by atoms with Gasteiger partial charge in [0.1, 0.15) is 11.6 Å². The number of aryl methyl sites for hydroxylation is 1. The molecule has 5 nitrogen and oxygen atoms in total. The van der Waals surface area contributed by atoms with E-state index in [2.05, 4.69) is 19.7 Å². The molecular formula is C12H15N5S. The second-order valence-corrected chi connectivity index (χ2v) is 5.36. The molecule has 3 heterocycles. The molecule has 18 heavy (non-hydrogen) atoms. The number of nitrogens with zero attached hydrogens (tertiary/aromatic N) is 4.